The van der Waals surface area contributed by atoms with E-state index in [1.165, 1.54) is 19.0 Å². The molecule has 0 bridgehead atoms. The predicted molar refractivity (Wildman–Crippen MR) is 200 cm³/mol. The second-order valence-corrected chi connectivity index (χ2v) is 13.8. The second kappa shape index (κ2) is 17.1. The van der Waals surface area contributed by atoms with Crippen molar-refractivity contribution in [1.29, 1.82) is 5.26 Å². The normalized spacial score (nSPS) is 14.6. The first-order valence-electron chi connectivity index (χ1n) is 17.1. The van der Waals surface area contributed by atoms with Crippen LogP contribution in [-0.4, -0.2) is 46.4 Å². The molecule has 0 aliphatic carbocycles. The molecule has 0 amide bonds. The summed E-state index contributed by atoms with van der Waals surface area (Å²) in [5, 5.41) is 18.1. The molecule has 1 fully saturated rings. The van der Waals surface area contributed by atoms with E-state index >= 15 is 0 Å². The van der Waals surface area contributed by atoms with Gasteiger partial charge in [-0.05, 0) is 74.3 Å². The Labute approximate surface area is 309 Å². The van der Waals surface area contributed by atoms with Gasteiger partial charge in [0.25, 0.3) is 0 Å². The molecular weight excluding hydrogens is 683 g/mol. The summed E-state index contributed by atoms with van der Waals surface area (Å²) >= 11 is 13.8. The van der Waals surface area contributed by atoms with Crippen molar-refractivity contribution in [3.63, 3.8) is 0 Å². The number of aryl methyl sites for hydroxylation is 1. The molecule has 5 aromatic rings. The molecule has 0 radical (unpaired) electrons. The van der Waals surface area contributed by atoms with Crippen molar-refractivity contribution < 1.29 is 14.2 Å². The highest BCUT2D eigenvalue weighted by molar-refractivity contribution is 6.35. The van der Waals surface area contributed by atoms with Crippen LogP contribution in [0.5, 0.6) is 17.2 Å². The Morgan fingerprint density at radius 1 is 0.902 bits per heavy atom. The largest absolute Gasteiger partial charge is 0.492 e. The molecule has 1 atom stereocenters. The Kier molecular flexibility index (Phi) is 12.1. The molecule has 3 aromatic carbocycles. The highest BCUT2D eigenvalue weighted by Gasteiger charge is 2.20. The van der Waals surface area contributed by atoms with E-state index in [0.29, 0.717) is 58.5 Å². The van der Waals surface area contributed by atoms with E-state index in [0.717, 1.165) is 52.2 Å². The van der Waals surface area contributed by atoms with Gasteiger partial charge in [0.2, 0.25) is 0 Å². The number of benzene rings is 3. The zero-order valence-electron chi connectivity index (χ0n) is 29.2. The summed E-state index contributed by atoms with van der Waals surface area (Å²) in [6, 6.07) is 21.6. The predicted octanol–water partition coefficient (Wildman–Crippen LogP) is 8.14. The average molecular weight is 726 g/mol. The van der Waals surface area contributed by atoms with Crippen LogP contribution in [0.15, 0.2) is 79.3 Å². The molecule has 6 rings (SSSR count). The SMILES string of the molecule is Cc1c(COc2cc(OCc3cncc(C#N)c3)c(CNCc3ccnn3C)cc2Cl)cccc1-c1cccc(OCC2CCCN(C)C2)c1Cl. The van der Waals surface area contributed by atoms with Crippen LogP contribution in [0.25, 0.3) is 11.1 Å². The Morgan fingerprint density at radius 2 is 1.73 bits per heavy atom. The van der Waals surface area contributed by atoms with Gasteiger partial charge in [-0.3, -0.25) is 9.67 Å². The summed E-state index contributed by atoms with van der Waals surface area (Å²) in [7, 11) is 4.07. The first-order valence-corrected chi connectivity index (χ1v) is 17.8. The van der Waals surface area contributed by atoms with Crippen LogP contribution in [-0.2, 0) is 33.4 Å². The molecule has 1 unspecified atom stereocenters. The number of hydrogen-bond donors (Lipinski definition) is 1. The van der Waals surface area contributed by atoms with Gasteiger partial charge >= 0.3 is 0 Å². The number of halogens is 2. The van der Waals surface area contributed by atoms with Gasteiger partial charge in [-0.1, -0.05) is 53.5 Å². The third-order valence-electron chi connectivity index (χ3n) is 9.26. The number of nitriles is 1. The average Bonchev–Trinajstić information content (AvgIpc) is 3.55. The Bertz CT molecular complexity index is 2010. The number of aromatic nitrogens is 3. The zero-order valence-corrected chi connectivity index (χ0v) is 30.7. The fraction of sp³-hybridized carbons (Fsp3) is 0.325. The summed E-state index contributed by atoms with van der Waals surface area (Å²) in [6.07, 6.45) is 7.34. The van der Waals surface area contributed by atoms with E-state index in [1.54, 1.807) is 18.5 Å². The van der Waals surface area contributed by atoms with Crippen LogP contribution in [0.4, 0.5) is 0 Å². The van der Waals surface area contributed by atoms with Crippen LogP contribution in [0, 0.1) is 24.2 Å². The van der Waals surface area contributed by atoms with Crippen molar-refractivity contribution in [3.8, 4) is 34.4 Å². The number of rotatable bonds is 14. The van der Waals surface area contributed by atoms with Gasteiger partial charge in [0, 0.05) is 73.9 Å². The molecule has 11 heteroatoms. The van der Waals surface area contributed by atoms with Crippen LogP contribution in [0.1, 0.15) is 46.4 Å². The van der Waals surface area contributed by atoms with Crippen molar-refractivity contribution in [2.24, 2.45) is 13.0 Å². The highest BCUT2D eigenvalue weighted by atomic mass is 35.5. The maximum Gasteiger partial charge on any atom is 0.142 e. The summed E-state index contributed by atoms with van der Waals surface area (Å²) < 4.78 is 20.8. The minimum Gasteiger partial charge on any atom is -0.492 e. The third kappa shape index (κ3) is 9.21. The monoisotopic (exact) mass is 724 g/mol. The molecular formula is C40H42Cl2N6O3. The summed E-state index contributed by atoms with van der Waals surface area (Å²) in [5.41, 5.74) is 7.15. The summed E-state index contributed by atoms with van der Waals surface area (Å²) in [4.78, 5) is 6.52. The first-order chi connectivity index (χ1) is 24.8. The van der Waals surface area contributed by atoms with Gasteiger partial charge in [-0.15, -0.1) is 0 Å². The molecule has 1 aliphatic rings. The summed E-state index contributed by atoms with van der Waals surface area (Å²) in [5.74, 6) is 2.31. The number of hydrogen-bond acceptors (Lipinski definition) is 8. The lowest BCUT2D eigenvalue weighted by Gasteiger charge is -2.29. The number of likely N-dealkylation sites (tertiary alicyclic amines) is 1. The van der Waals surface area contributed by atoms with Crippen molar-refractivity contribution in [2.75, 3.05) is 26.7 Å². The molecule has 2 aromatic heterocycles. The van der Waals surface area contributed by atoms with E-state index < -0.39 is 0 Å². The van der Waals surface area contributed by atoms with E-state index in [9.17, 15) is 5.26 Å². The van der Waals surface area contributed by atoms with Gasteiger partial charge in [-0.25, -0.2) is 0 Å². The van der Waals surface area contributed by atoms with Gasteiger partial charge in [-0.2, -0.15) is 10.4 Å². The molecule has 9 nitrogen and oxygen atoms in total. The lowest BCUT2D eigenvalue weighted by atomic mass is 9.96. The standard InChI is InChI=1S/C40H42Cl2N6O3/c1-27-31(8-4-9-34(27)35-10-5-11-37(40(35)42)49-24-28-7-6-14-47(2)23-28)26-51-39-17-38(50-25-30-15-29(18-43)19-44-20-30)32(16-36(39)41)21-45-22-33-12-13-46-48(33)3/h4-5,8-13,15-17,19-20,28,45H,6-7,14,21-26H2,1-3H3. The Hall–Kier alpha value is -4.59. The van der Waals surface area contributed by atoms with Crippen LogP contribution in [0.3, 0.4) is 0 Å². The number of nitrogens with zero attached hydrogens (tertiary/aromatic N) is 5. The van der Waals surface area contributed by atoms with E-state index in [1.807, 2.05) is 60.3 Å². The Balaban J connectivity index is 1.18. The third-order valence-corrected chi connectivity index (χ3v) is 9.94. The van der Waals surface area contributed by atoms with Gasteiger partial charge in [0.05, 0.1) is 27.9 Å². The molecule has 0 spiro atoms. The lowest BCUT2D eigenvalue weighted by molar-refractivity contribution is 0.150. The number of ether oxygens (including phenoxy) is 3. The van der Waals surface area contributed by atoms with Crippen molar-refractivity contribution in [1.82, 2.24) is 25.0 Å². The molecule has 51 heavy (non-hydrogen) atoms. The lowest BCUT2D eigenvalue weighted by Crippen LogP contribution is -2.34. The molecule has 1 saturated heterocycles. The number of piperidine rings is 1. The van der Waals surface area contributed by atoms with Crippen LogP contribution < -0.4 is 19.5 Å². The number of pyridine rings is 1. The van der Waals surface area contributed by atoms with E-state index in [-0.39, 0.29) is 13.2 Å². The molecule has 1 N–H and O–H groups in total. The van der Waals surface area contributed by atoms with Crippen molar-refractivity contribution >= 4 is 23.2 Å². The fourth-order valence-electron chi connectivity index (χ4n) is 6.38. The summed E-state index contributed by atoms with van der Waals surface area (Å²) in [6.45, 7) is 6.53. The topological polar surface area (TPSA) is 97.5 Å². The van der Waals surface area contributed by atoms with Crippen LogP contribution in [0.2, 0.25) is 10.0 Å². The highest BCUT2D eigenvalue weighted by Crippen LogP contribution is 2.39. The molecule has 3 heterocycles. The van der Waals surface area contributed by atoms with Gasteiger partial charge in [0.1, 0.15) is 36.5 Å². The van der Waals surface area contributed by atoms with Crippen molar-refractivity contribution in [3.05, 3.63) is 123 Å². The Morgan fingerprint density at radius 3 is 2.53 bits per heavy atom. The minimum absolute atomic E-state index is 0.223. The second-order valence-electron chi connectivity index (χ2n) is 13.0. The number of nitrogens with one attached hydrogen (secondary N) is 1. The zero-order chi connectivity index (χ0) is 35.7. The maximum absolute atomic E-state index is 9.32. The molecule has 0 saturated carbocycles. The van der Waals surface area contributed by atoms with E-state index in [2.05, 4.69) is 46.4 Å². The van der Waals surface area contributed by atoms with Gasteiger partial charge < -0.3 is 24.4 Å². The molecule has 264 valence electrons. The smallest absolute Gasteiger partial charge is 0.142 e. The molecule has 1 aliphatic heterocycles. The quantitative estimate of drug-likeness (QED) is 0.123. The minimum atomic E-state index is 0.223. The van der Waals surface area contributed by atoms with Crippen LogP contribution >= 0.6 is 23.2 Å². The fourth-order valence-corrected chi connectivity index (χ4v) is 6.91. The van der Waals surface area contributed by atoms with E-state index in [4.69, 9.17) is 37.4 Å². The maximum atomic E-state index is 9.32. The first kappa shape index (κ1) is 36.2. The van der Waals surface area contributed by atoms with Gasteiger partial charge in [0.15, 0.2) is 0 Å². The van der Waals surface area contributed by atoms with Crippen molar-refractivity contribution in [2.45, 2.75) is 46.1 Å².